The maximum Gasteiger partial charge on any atom is -0.0326 e. The first-order chi connectivity index (χ1) is 4.31. The monoisotopic (exact) mass is 126 g/mol. The van der Waals surface area contributed by atoms with Gasteiger partial charge in [0.15, 0.2) is 0 Å². The Morgan fingerprint density at radius 1 is 1.22 bits per heavy atom. The zero-order valence-electron chi connectivity index (χ0n) is 6.91. The van der Waals surface area contributed by atoms with Gasteiger partial charge in [0.05, 0.1) is 0 Å². The van der Waals surface area contributed by atoms with Crippen molar-refractivity contribution in [2.24, 2.45) is 0 Å². The molecule has 0 unspecified atom stereocenters. The summed E-state index contributed by atoms with van der Waals surface area (Å²) in [7, 11) is 0. The fraction of sp³-hybridized carbons (Fsp3) is 0.778. The number of hydrogen-bond acceptors (Lipinski definition) is 0. The normalized spacial score (nSPS) is 12.1. The fourth-order valence-electron chi connectivity index (χ4n) is 0.887. The molecule has 0 aromatic heterocycles. The molecule has 0 aliphatic carbocycles. The highest BCUT2D eigenvalue weighted by molar-refractivity contribution is 4.96. The highest BCUT2D eigenvalue weighted by Crippen LogP contribution is 2.04. The summed E-state index contributed by atoms with van der Waals surface area (Å²) in [6.45, 7) is 6.66. The van der Waals surface area contributed by atoms with Gasteiger partial charge in [-0.05, 0) is 19.8 Å². The standard InChI is InChI=1S/C9H18/c1-4-6-8-9(3)7-5-2/h8H,4-7H2,1-3H3/b9-8+. The molecule has 0 aliphatic rings. The van der Waals surface area contributed by atoms with E-state index in [1.165, 1.54) is 25.7 Å². The van der Waals surface area contributed by atoms with E-state index in [2.05, 4.69) is 26.8 Å². The Labute approximate surface area is 59.0 Å². The van der Waals surface area contributed by atoms with Crippen LogP contribution in [0.1, 0.15) is 46.5 Å². The molecule has 0 N–H and O–H groups in total. The highest BCUT2D eigenvalue weighted by atomic mass is 13.9. The van der Waals surface area contributed by atoms with E-state index >= 15 is 0 Å². The molecule has 9 heavy (non-hydrogen) atoms. The van der Waals surface area contributed by atoms with Crippen molar-refractivity contribution in [2.45, 2.75) is 46.5 Å². The van der Waals surface area contributed by atoms with E-state index in [4.69, 9.17) is 0 Å². The molecule has 0 saturated heterocycles. The van der Waals surface area contributed by atoms with Crippen molar-refractivity contribution in [1.82, 2.24) is 0 Å². The molecule has 0 aliphatic heterocycles. The summed E-state index contributed by atoms with van der Waals surface area (Å²) in [4.78, 5) is 0. The van der Waals surface area contributed by atoms with Crippen LogP contribution in [0.2, 0.25) is 0 Å². The van der Waals surface area contributed by atoms with E-state index < -0.39 is 0 Å². The predicted molar refractivity (Wildman–Crippen MR) is 43.6 cm³/mol. The van der Waals surface area contributed by atoms with Crippen LogP contribution in [-0.4, -0.2) is 0 Å². The summed E-state index contributed by atoms with van der Waals surface area (Å²) in [5, 5.41) is 0. The first kappa shape index (κ1) is 8.74. The molecule has 0 heteroatoms. The Morgan fingerprint density at radius 2 is 1.89 bits per heavy atom. The van der Waals surface area contributed by atoms with Crippen LogP contribution in [0.3, 0.4) is 0 Å². The molecule has 0 rings (SSSR count). The van der Waals surface area contributed by atoms with Gasteiger partial charge in [-0.3, -0.25) is 0 Å². The van der Waals surface area contributed by atoms with Gasteiger partial charge < -0.3 is 0 Å². The minimum atomic E-state index is 1.26. The molecule has 0 nitrogen and oxygen atoms in total. The van der Waals surface area contributed by atoms with E-state index in [-0.39, 0.29) is 0 Å². The fourth-order valence-corrected chi connectivity index (χ4v) is 0.887. The van der Waals surface area contributed by atoms with E-state index in [0.717, 1.165) is 0 Å². The lowest BCUT2D eigenvalue weighted by molar-refractivity contribution is 0.876. The third-order valence-corrected chi connectivity index (χ3v) is 1.43. The summed E-state index contributed by atoms with van der Waals surface area (Å²) < 4.78 is 0. The van der Waals surface area contributed by atoms with Gasteiger partial charge in [-0.15, -0.1) is 0 Å². The van der Waals surface area contributed by atoms with Crippen LogP contribution in [0, 0.1) is 0 Å². The van der Waals surface area contributed by atoms with Gasteiger partial charge in [-0.2, -0.15) is 0 Å². The Morgan fingerprint density at radius 3 is 2.33 bits per heavy atom. The lowest BCUT2D eigenvalue weighted by Crippen LogP contribution is -1.74. The van der Waals surface area contributed by atoms with Crippen LogP contribution in [0.5, 0.6) is 0 Å². The van der Waals surface area contributed by atoms with Crippen LogP contribution in [-0.2, 0) is 0 Å². The molecule has 0 saturated carbocycles. The maximum absolute atomic E-state index is 2.35. The Kier molecular flexibility index (Phi) is 5.70. The Bertz CT molecular complexity index is 80.0. The Balaban J connectivity index is 3.30. The average molecular weight is 126 g/mol. The summed E-state index contributed by atoms with van der Waals surface area (Å²) >= 11 is 0. The third kappa shape index (κ3) is 5.61. The maximum atomic E-state index is 2.35. The molecule has 0 fully saturated rings. The van der Waals surface area contributed by atoms with Gasteiger partial charge in [-0.25, -0.2) is 0 Å². The largest absolute Gasteiger partial charge is 0.0856 e. The predicted octanol–water partition coefficient (Wildman–Crippen LogP) is 3.53. The summed E-state index contributed by atoms with van der Waals surface area (Å²) in [5.74, 6) is 0. The van der Waals surface area contributed by atoms with Crippen LogP contribution < -0.4 is 0 Å². The lowest BCUT2D eigenvalue weighted by Gasteiger charge is -1.94. The van der Waals surface area contributed by atoms with Gasteiger partial charge in [-0.1, -0.05) is 38.3 Å². The van der Waals surface area contributed by atoms with Crippen LogP contribution >= 0.6 is 0 Å². The van der Waals surface area contributed by atoms with Gasteiger partial charge in [0, 0.05) is 0 Å². The van der Waals surface area contributed by atoms with Gasteiger partial charge >= 0.3 is 0 Å². The smallest absolute Gasteiger partial charge is 0.0326 e. The van der Waals surface area contributed by atoms with Crippen molar-refractivity contribution in [3.63, 3.8) is 0 Å². The molecular formula is C9H18. The molecule has 0 aromatic carbocycles. The molecule has 0 spiro atoms. The SMILES string of the molecule is CCC/C=C(\C)CCC. The summed E-state index contributed by atoms with van der Waals surface area (Å²) in [5.41, 5.74) is 1.55. The molecule has 0 heterocycles. The van der Waals surface area contributed by atoms with E-state index in [0.29, 0.717) is 0 Å². The first-order valence-corrected chi connectivity index (χ1v) is 3.96. The molecule has 54 valence electrons. The quantitative estimate of drug-likeness (QED) is 0.505. The molecule has 0 aromatic rings. The van der Waals surface area contributed by atoms with Crippen molar-refractivity contribution in [3.05, 3.63) is 11.6 Å². The zero-order chi connectivity index (χ0) is 7.11. The lowest BCUT2D eigenvalue weighted by atomic mass is 10.1. The van der Waals surface area contributed by atoms with Crippen molar-refractivity contribution < 1.29 is 0 Å². The van der Waals surface area contributed by atoms with Crippen molar-refractivity contribution in [2.75, 3.05) is 0 Å². The van der Waals surface area contributed by atoms with E-state index in [1.807, 2.05) is 0 Å². The van der Waals surface area contributed by atoms with Gasteiger partial charge in [0.2, 0.25) is 0 Å². The topological polar surface area (TPSA) is 0 Å². The van der Waals surface area contributed by atoms with Crippen LogP contribution in [0.4, 0.5) is 0 Å². The molecule has 0 radical (unpaired) electrons. The van der Waals surface area contributed by atoms with Crippen molar-refractivity contribution in [1.29, 1.82) is 0 Å². The summed E-state index contributed by atoms with van der Waals surface area (Å²) in [6.07, 6.45) is 7.45. The van der Waals surface area contributed by atoms with Gasteiger partial charge in [0.1, 0.15) is 0 Å². The second-order valence-corrected chi connectivity index (χ2v) is 2.59. The van der Waals surface area contributed by atoms with E-state index in [9.17, 15) is 0 Å². The molecule has 0 amide bonds. The third-order valence-electron chi connectivity index (χ3n) is 1.43. The second-order valence-electron chi connectivity index (χ2n) is 2.59. The summed E-state index contributed by atoms with van der Waals surface area (Å²) in [6, 6.07) is 0. The van der Waals surface area contributed by atoms with Crippen molar-refractivity contribution >= 4 is 0 Å². The average Bonchev–Trinajstić information content (AvgIpc) is 1.85. The number of rotatable bonds is 4. The molecular weight excluding hydrogens is 108 g/mol. The number of hydrogen-bond donors (Lipinski definition) is 0. The Hall–Kier alpha value is -0.260. The molecule has 0 atom stereocenters. The second kappa shape index (κ2) is 5.87. The zero-order valence-corrected chi connectivity index (χ0v) is 6.91. The minimum Gasteiger partial charge on any atom is -0.0856 e. The number of allylic oxidation sites excluding steroid dienone is 2. The minimum absolute atomic E-state index is 1.26. The molecule has 0 bridgehead atoms. The number of unbranched alkanes of at least 4 members (excludes halogenated alkanes) is 1. The van der Waals surface area contributed by atoms with E-state index in [1.54, 1.807) is 5.57 Å². The van der Waals surface area contributed by atoms with Crippen molar-refractivity contribution in [3.8, 4) is 0 Å². The van der Waals surface area contributed by atoms with Crippen LogP contribution in [0.15, 0.2) is 11.6 Å². The van der Waals surface area contributed by atoms with Crippen LogP contribution in [0.25, 0.3) is 0 Å². The first-order valence-electron chi connectivity index (χ1n) is 3.96. The highest BCUT2D eigenvalue weighted by Gasteiger charge is 1.84. The van der Waals surface area contributed by atoms with Gasteiger partial charge in [0.25, 0.3) is 0 Å².